The number of benzene rings is 2. The van der Waals surface area contributed by atoms with Gasteiger partial charge in [-0.3, -0.25) is 4.79 Å². The monoisotopic (exact) mass is 271 g/mol. The summed E-state index contributed by atoms with van der Waals surface area (Å²) < 4.78 is 5.40. The van der Waals surface area contributed by atoms with Crippen LogP contribution in [0.25, 0.3) is 11.1 Å². The molecule has 2 aromatic carbocycles. The van der Waals surface area contributed by atoms with Gasteiger partial charge in [-0.1, -0.05) is 42.5 Å². The lowest BCUT2D eigenvalue weighted by molar-refractivity contribution is -0.120. The molecule has 0 aliphatic heterocycles. The number of amides is 1. The summed E-state index contributed by atoms with van der Waals surface area (Å²) in [6, 6.07) is 17.6. The lowest BCUT2D eigenvalue weighted by atomic mass is 10.1. The molecule has 1 atom stereocenters. The summed E-state index contributed by atoms with van der Waals surface area (Å²) in [5.74, 6) is 0.105. The van der Waals surface area contributed by atoms with Crippen molar-refractivity contribution in [2.75, 3.05) is 6.61 Å². The molecular formula is C16H17NO3. The molecule has 0 spiro atoms. The number of carbonyl (C=O) groups excluding carboxylic acids is 1. The van der Waals surface area contributed by atoms with Gasteiger partial charge >= 0.3 is 0 Å². The van der Waals surface area contributed by atoms with Crippen molar-refractivity contribution in [3.8, 4) is 16.9 Å². The highest BCUT2D eigenvalue weighted by atomic mass is 16.5. The minimum Gasteiger partial charge on any atom is -0.491 e. The highest BCUT2D eigenvalue weighted by Crippen LogP contribution is 2.22. The van der Waals surface area contributed by atoms with Crippen LogP contribution in [0.3, 0.4) is 0 Å². The van der Waals surface area contributed by atoms with Crippen molar-refractivity contribution >= 4 is 5.91 Å². The predicted octanol–water partition coefficient (Wildman–Crippen LogP) is 1.97. The Bertz CT molecular complexity index is 552. The van der Waals surface area contributed by atoms with Gasteiger partial charge in [-0.25, -0.2) is 0 Å². The Morgan fingerprint density at radius 2 is 1.65 bits per heavy atom. The average Bonchev–Trinajstić information content (AvgIpc) is 2.46. The van der Waals surface area contributed by atoms with Crippen molar-refractivity contribution in [1.82, 2.24) is 0 Å². The van der Waals surface area contributed by atoms with E-state index in [-0.39, 0.29) is 13.0 Å². The molecule has 0 radical (unpaired) electrons. The van der Waals surface area contributed by atoms with E-state index in [0.29, 0.717) is 5.75 Å². The van der Waals surface area contributed by atoms with Gasteiger partial charge in [0, 0.05) is 0 Å². The Balaban J connectivity index is 1.94. The lowest BCUT2D eigenvalue weighted by Crippen LogP contribution is -2.25. The Morgan fingerprint density at radius 1 is 1.05 bits per heavy atom. The van der Waals surface area contributed by atoms with Crippen LogP contribution in [0.2, 0.25) is 0 Å². The first-order valence-corrected chi connectivity index (χ1v) is 6.40. The standard InChI is InChI=1S/C16H17NO3/c17-16(19)10-14(18)11-20-15-8-6-13(7-9-15)12-4-2-1-3-5-12/h1-9,14,18H,10-11H2,(H2,17,19)/t14-/m1/s1. The first-order valence-electron chi connectivity index (χ1n) is 6.40. The van der Waals surface area contributed by atoms with Crippen LogP contribution in [-0.2, 0) is 4.79 Å². The molecule has 0 unspecified atom stereocenters. The van der Waals surface area contributed by atoms with Crippen LogP contribution in [0.1, 0.15) is 6.42 Å². The van der Waals surface area contributed by atoms with Gasteiger partial charge in [-0.15, -0.1) is 0 Å². The third kappa shape index (κ3) is 4.10. The molecule has 4 heteroatoms. The number of aliphatic hydroxyl groups is 1. The number of carbonyl (C=O) groups is 1. The van der Waals surface area contributed by atoms with E-state index in [2.05, 4.69) is 0 Å². The van der Waals surface area contributed by atoms with Crippen molar-refractivity contribution < 1.29 is 14.6 Å². The third-order valence-electron chi connectivity index (χ3n) is 2.84. The number of hydrogen-bond donors (Lipinski definition) is 2. The highest BCUT2D eigenvalue weighted by Gasteiger charge is 2.08. The molecule has 0 fully saturated rings. The minimum absolute atomic E-state index is 0.0492. The zero-order chi connectivity index (χ0) is 14.4. The Morgan fingerprint density at radius 3 is 2.25 bits per heavy atom. The van der Waals surface area contributed by atoms with Crippen LogP contribution >= 0.6 is 0 Å². The molecule has 3 N–H and O–H groups in total. The maximum absolute atomic E-state index is 10.6. The molecule has 1 amide bonds. The van der Waals surface area contributed by atoms with Crippen molar-refractivity contribution in [3.63, 3.8) is 0 Å². The van der Waals surface area contributed by atoms with Crippen LogP contribution in [0.4, 0.5) is 0 Å². The number of aliphatic hydroxyl groups excluding tert-OH is 1. The minimum atomic E-state index is -0.874. The topological polar surface area (TPSA) is 72.6 Å². The molecule has 0 heterocycles. The maximum atomic E-state index is 10.6. The summed E-state index contributed by atoms with van der Waals surface area (Å²) in [6.45, 7) is 0.0492. The first-order chi connectivity index (χ1) is 9.65. The second-order valence-electron chi connectivity index (χ2n) is 4.53. The van der Waals surface area contributed by atoms with E-state index in [9.17, 15) is 9.90 Å². The van der Waals surface area contributed by atoms with Gasteiger partial charge in [0.2, 0.25) is 5.91 Å². The fourth-order valence-corrected chi connectivity index (χ4v) is 1.86. The number of hydrogen-bond acceptors (Lipinski definition) is 3. The molecule has 2 rings (SSSR count). The van der Waals surface area contributed by atoms with Crippen molar-refractivity contribution in [2.24, 2.45) is 5.73 Å². The van der Waals surface area contributed by atoms with E-state index in [0.717, 1.165) is 11.1 Å². The van der Waals surface area contributed by atoms with Gasteiger partial charge in [0.25, 0.3) is 0 Å². The average molecular weight is 271 g/mol. The normalized spacial score (nSPS) is 11.8. The quantitative estimate of drug-likeness (QED) is 0.843. The Labute approximate surface area is 117 Å². The second kappa shape index (κ2) is 6.73. The zero-order valence-corrected chi connectivity index (χ0v) is 11.0. The van der Waals surface area contributed by atoms with Crippen LogP contribution in [0.5, 0.6) is 5.75 Å². The fourth-order valence-electron chi connectivity index (χ4n) is 1.86. The van der Waals surface area contributed by atoms with Gasteiger partial charge < -0.3 is 15.6 Å². The molecule has 104 valence electrons. The molecular weight excluding hydrogens is 254 g/mol. The molecule has 0 aliphatic carbocycles. The van der Waals surface area contributed by atoms with E-state index < -0.39 is 12.0 Å². The van der Waals surface area contributed by atoms with E-state index >= 15 is 0 Å². The largest absolute Gasteiger partial charge is 0.491 e. The molecule has 0 aliphatic rings. The van der Waals surface area contributed by atoms with Gasteiger partial charge in [-0.2, -0.15) is 0 Å². The summed E-state index contributed by atoms with van der Waals surface area (Å²) in [7, 11) is 0. The van der Waals surface area contributed by atoms with E-state index in [4.69, 9.17) is 10.5 Å². The first kappa shape index (κ1) is 14.1. The fraction of sp³-hybridized carbons (Fsp3) is 0.188. The smallest absolute Gasteiger partial charge is 0.220 e. The second-order valence-corrected chi connectivity index (χ2v) is 4.53. The molecule has 2 aromatic rings. The highest BCUT2D eigenvalue weighted by molar-refractivity contribution is 5.74. The third-order valence-corrected chi connectivity index (χ3v) is 2.84. The van der Waals surface area contributed by atoms with Crippen molar-refractivity contribution in [1.29, 1.82) is 0 Å². The number of rotatable bonds is 6. The number of nitrogens with two attached hydrogens (primary N) is 1. The summed E-state index contributed by atoms with van der Waals surface area (Å²) in [5, 5.41) is 9.49. The molecule has 0 bridgehead atoms. The van der Waals surface area contributed by atoms with Crippen LogP contribution in [0.15, 0.2) is 54.6 Å². The van der Waals surface area contributed by atoms with E-state index in [1.807, 2.05) is 54.6 Å². The summed E-state index contributed by atoms with van der Waals surface area (Å²) in [5.41, 5.74) is 7.22. The number of primary amides is 1. The molecule has 4 nitrogen and oxygen atoms in total. The lowest BCUT2D eigenvalue weighted by Gasteiger charge is -2.11. The van der Waals surface area contributed by atoms with Crippen LogP contribution in [-0.4, -0.2) is 23.7 Å². The van der Waals surface area contributed by atoms with Gasteiger partial charge in [0.1, 0.15) is 12.4 Å². The van der Waals surface area contributed by atoms with Crippen LogP contribution in [0, 0.1) is 0 Å². The molecule has 0 saturated heterocycles. The van der Waals surface area contributed by atoms with Gasteiger partial charge in [0.05, 0.1) is 12.5 Å². The number of ether oxygens (including phenoxy) is 1. The Hall–Kier alpha value is -2.33. The van der Waals surface area contributed by atoms with Gasteiger partial charge in [0.15, 0.2) is 0 Å². The van der Waals surface area contributed by atoms with Gasteiger partial charge in [-0.05, 0) is 23.3 Å². The maximum Gasteiger partial charge on any atom is 0.220 e. The Kier molecular flexibility index (Phi) is 4.74. The predicted molar refractivity (Wildman–Crippen MR) is 77.2 cm³/mol. The van der Waals surface area contributed by atoms with Crippen molar-refractivity contribution in [3.05, 3.63) is 54.6 Å². The van der Waals surface area contributed by atoms with Crippen LogP contribution < -0.4 is 10.5 Å². The van der Waals surface area contributed by atoms with Crippen molar-refractivity contribution in [2.45, 2.75) is 12.5 Å². The molecule has 20 heavy (non-hydrogen) atoms. The summed E-state index contributed by atoms with van der Waals surface area (Å²) in [6.07, 6.45) is -0.969. The van der Waals surface area contributed by atoms with E-state index in [1.54, 1.807) is 0 Å². The zero-order valence-electron chi connectivity index (χ0n) is 11.0. The molecule has 0 aromatic heterocycles. The summed E-state index contributed by atoms with van der Waals surface area (Å²) in [4.78, 5) is 10.6. The molecule has 0 saturated carbocycles. The van der Waals surface area contributed by atoms with E-state index in [1.165, 1.54) is 0 Å². The summed E-state index contributed by atoms with van der Waals surface area (Å²) >= 11 is 0. The SMILES string of the molecule is NC(=O)C[C@@H](O)COc1ccc(-c2ccccc2)cc1.